The number of carbonyl (C=O) groups is 3. The Labute approximate surface area is 180 Å². The highest BCUT2D eigenvalue weighted by molar-refractivity contribution is 7.14. The number of piperidine rings is 1. The number of nitrogens with one attached hydrogen (secondary N) is 2. The summed E-state index contributed by atoms with van der Waals surface area (Å²) in [6.45, 7) is 0.539. The van der Waals surface area contributed by atoms with Crippen LogP contribution in [-0.2, 0) is 22.4 Å². The van der Waals surface area contributed by atoms with Crippen molar-refractivity contribution in [3.05, 3.63) is 57.3 Å². The molecule has 0 radical (unpaired) electrons. The van der Waals surface area contributed by atoms with E-state index in [4.69, 9.17) is 0 Å². The van der Waals surface area contributed by atoms with E-state index in [-0.39, 0.29) is 11.8 Å². The summed E-state index contributed by atoms with van der Waals surface area (Å²) >= 11 is 1.51. The molecule has 1 aromatic carbocycles. The number of likely N-dealkylation sites (tertiary alicyclic amines) is 1. The highest BCUT2D eigenvalue weighted by Gasteiger charge is 2.33. The zero-order valence-electron chi connectivity index (χ0n) is 17.0. The summed E-state index contributed by atoms with van der Waals surface area (Å²) in [5.74, 6) is -0.736. The quantitative estimate of drug-likeness (QED) is 0.581. The van der Waals surface area contributed by atoms with Gasteiger partial charge in [0.05, 0.1) is 4.88 Å². The topological polar surface area (TPSA) is 78.5 Å². The lowest BCUT2D eigenvalue weighted by atomic mass is 10.0. The van der Waals surface area contributed by atoms with E-state index in [2.05, 4.69) is 10.9 Å². The number of fused-ring (bicyclic) bond motifs is 1. The number of rotatable bonds is 4. The molecule has 6 nitrogen and oxygen atoms in total. The Bertz CT molecular complexity index is 902. The molecular weight excluding hydrogens is 398 g/mol. The van der Waals surface area contributed by atoms with Gasteiger partial charge in [-0.15, -0.1) is 11.3 Å². The summed E-state index contributed by atoms with van der Waals surface area (Å²) in [7, 11) is 0. The van der Waals surface area contributed by atoms with Gasteiger partial charge in [0.25, 0.3) is 11.8 Å². The van der Waals surface area contributed by atoms with Gasteiger partial charge in [0.1, 0.15) is 6.04 Å². The third-order valence-corrected chi connectivity index (χ3v) is 7.04. The van der Waals surface area contributed by atoms with E-state index in [1.54, 1.807) is 4.90 Å². The largest absolute Gasteiger partial charge is 0.326 e. The number of aryl methyl sites for hydroxylation is 2. The highest BCUT2D eigenvalue weighted by atomic mass is 32.1. The summed E-state index contributed by atoms with van der Waals surface area (Å²) in [4.78, 5) is 41.7. The van der Waals surface area contributed by atoms with Crippen LogP contribution in [0.3, 0.4) is 0 Å². The maximum absolute atomic E-state index is 13.0. The van der Waals surface area contributed by atoms with Gasteiger partial charge in [-0.1, -0.05) is 36.8 Å². The summed E-state index contributed by atoms with van der Waals surface area (Å²) in [5.41, 5.74) is 7.12. The van der Waals surface area contributed by atoms with Crippen molar-refractivity contribution in [1.29, 1.82) is 0 Å². The van der Waals surface area contributed by atoms with Gasteiger partial charge < -0.3 is 4.90 Å². The normalized spacial score (nSPS) is 17.6. The minimum absolute atomic E-state index is 0.0291. The van der Waals surface area contributed by atoms with E-state index >= 15 is 0 Å². The molecule has 1 aliphatic carbocycles. The van der Waals surface area contributed by atoms with Crippen molar-refractivity contribution in [3.63, 3.8) is 0 Å². The van der Waals surface area contributed by atoms with Crippen molar-refractivity contribution in [2.45, 2.75) is 57.4 Å². The van der Waals surface area contributed by atoms with E-state index in [9.17, 15) is 14.4 Å². The maximum atomic E-state index is 13.0. The van der Waals surface area contributed by atoms with Gasteiger partial charge in [0.15, 0.2) is 0 Å². The Kier molecular flexibility index (Phi) is 6.47. The van der Waals surface area contributed by atoms with E-state index in [0.29, 0.717) is 17.8 Å². The van der Waals surface area contributed by atoms with E-state index in [1.807, 2.05) is 36.4 Å². The molecule has 4 rings (SSSR count). The van der Waals surface area contributed by atoms with Crippen LogP contribution in [0.25, 0.3) is 0 Å². The first-order chi connectivity index (χ1) is 14.6. The van der Waals surface area contributed by atoms with Crippen molar-refractivity contribution < 1.29 is 14.4 Å². The third kappa shape index (κ3) is 4.56. The summed E-state index contributed by atoms with van der Waals surface area (Å²) < 4.78 is 0. The lowest BCUT2D eigenvalue weighted by Gasteiger charge is -2.34. The van der Waals surface area contributed by atoms with Crippen LogP contribution < -0.4 is 10.9 Å². The number of hydrogen-bond acceptors (Lipinski definition) is 4. The Morgan fingerprint density at radius 3 is 2.50 bits per heavy atom. The molecule has 1 aliphatic heterocycles. The van der Waals surface area contributed by atoms with Gasteiger partial charge in [-0.05, 0) is 55.7 Å². The fraction of sp³-hybridized carbons (Fsp3) is 0.435. The summed E-state index contributed by atoms with van der Waals surface area (Å²) in [6.07, 6.45) is 7.75. The maximum Gasteiger partial charge on any atom is 0.279 e. The van der Waals surface area contributed by atoms with Crippen LogP contribution in [0, 0.1) is 0 Å². The van der Waals surface area contributed by atoms with Crippen LogP contribution in [0.1, 0.15) is 70.2 Å². The van der Waals surface area contributed by atoms with Crippen molar-refractivity contribution in [3.8, 4) is 0 Å². The Morgan fingerprint density at radius 1 is 0.933 bits per heavy atom. The molecule has 1 saturated heterocycles. The average Bonchev–Trinajstić information content (AvgIpc) is 3.05. The SMILES string of the molecule is O=C(NNC(=O)C(c1ccccc1)N1CCCCC1=O)c1cc2c(s1)CCCCC2. The molecule has 1 atom stereocenters. The Morgan fingerprint density at radius 2 is 1.70 bits per heavy atom. The number of amides is 3. The molecule has 0 spiro atoms. The molecule has 2 aliphatic rings. The third-order valence-electron chi connectivity index (χ3n) is 5.80. The molecule has 3 amide bonds. The van der Waals surface area contributed by atoms with Crippen molar-refractivity contribution >= 4 is 29.1 Å². The summed E-state index contributed by atoms with van der Waals surface area (Å²) in [6, 6.07) is 10.4. The monoisotopic (exact) mass is 425 g/mol. The van der Waals surface area contributed by atoms with Crippen molar-refractivity contribution in [1.82, 2.24) is 15.8 Å². The lowest BCUT2D eigenvalue weighted by Crippen LogP contribution is -2.50. The predicted molar refractivity (Wildman–Crippen MR) is 116 cm³/mol. The second kappa shape index (κ2) is 9.43. The van der Waals surface area contributed by atoms with Crippen LogP contribution in [0.2, 0.25) is 0 Å². The second-order valence-electron chi connectivity index (χ2n) is 7.92. The second-order valence-corrected chi connectivity index (χ2v) is 9.06. The number of benzene rings is 1. The van der Waals surface area contributed by atoms with Gasteiger partial charge in [-0.2, -0.15) is 0 Å². The fourth-order valence-electron chi connectivity index (χ4n) is 4.24. The van der Waals surface area contributed by atoms with Gasteiger partial charge in [0.2, 0.25) is 5.91 Å². The van der Waals surface area contributed by atoms with Crippen LogP contribution in [0.4, 0.5) is 0 Å². The summed E-state index contributed by atoms with van der Waals surface area (Å²) in [5, 5.41) is 0. The smallest absolute Gasteiger partial charge is 0.279 e. The zero-order valence-corrected chi connectivity index (χ0v) is 17.8. The molecule has 1 fully saturated rings. The first kappa shape index (κ1) is 20.6. The lowest BCUT2D eigenvalue weighted by molar-refractivity contribution is -0.143. The van der Waals surface area contributed by atoms with Crippen LogP contribution in [0.5, 0.6) is 0 Å². The number of thiophene rings is 1. The molecular formula is C23H27N3O3S. The van der Waals surface area contributed by atoms with Gasteiger partial charge >= 0.3 is 0 Å². The molecule has 2 aromatic rings. The molecule has 0 bridgehead atoms. The van der Waals surface area contributed by atoms with Crippen LogP contribution >= 0.6 is 11.3 Å². The molecule has 1 unspecified atom stereocenters. The van der Waals surface area contributed by atoms with Crippen molar-refractivity contribution in [2.75, 3.05) is 6.54 Å². The van der Waals surface area contributed by atoms with Crippen LogP contribution in [-0.4, -0.2) is 29.2 Å². The minimum atomic E-state index is -0.751. The first-order valence-corrected chi connectivity index (χ1v) is 11.5. The molecule has 0 saturated carbocycles. The standard InChI is InChI=1S/C23H27N3O3S/c27-20-13-7-8-14-26(20)21(16-9-3-1-4-10-16)23(29)25-24-22(28)19-15-17-11-5-2-6-12-18(17)30-19/h1,3-4,9-10,15,21H,2,5-8,11-14H2,(H,24,28)(H,25,29). The zero-order chi connectivity index (χ0) is 20.9. The van der Waals surface area contributed by atoms with E-state index in [1.165, 1.54) is 28.2 Å². The predicted octanol–water partition coefficient (Wildman–Crippen LogP) is 3.53. The molecule has 2 heterocycles. The fourth-order valence-corrected chi connectivity index (χ4v) is 5.38. The van der Waals surface area contributed by atoms with E-state index in [0.717, 1.165) is 44.1 Å². The number of carbonyl (C=O) groups excluding carboxylic acids is 3. The van der Waals surface area contributed by atoms with Crippen LogP contribution in [0.15, 0.2) is 36.4 Å². The highest BCUT2D eigenvalue weighted by Crippen LogP contribution is 2.29. The Hall–Kier alpha value is -2.67. The minimum Gasteiger partial charge on any atom is -0.326 e. The number of nitrogens with zero attached hydrogens (tertiary/aromatic N) is 1. The van der Waals surface area contributed by atoms with Gasteiger partial charge in [-0.25, -0.2) is 0 Å². The number of hydrogen-bond donors (Lipinski definition) is 2. The van der Waals surface area contributed by atoms with E-state index < -0.39 is 11.9 Å². The molecule has 1 aromatic heterocycles. The molecule has 2 N–H and O–H groups in total. The van der Waals surface area contributed by atoms with Gasteiger partial charge in [0, 0.05) is 17.8 Å². The van der Waals surface area contributed by atoms with Gasteiger partial charge in [-0.3, -0.25) is 25.2 Å². The van der Waals surface area contributed by atoms with Crippen molar-refractivity contribution in [2.24, 2.45) is 0 Å². The molecule has 158 valence electrons. The first-order valence-electron chi connectivity index (χ1n) is 10.7. The average molecular weight is 426 g/mol. The molecule has 7 heteroatoms. The molecule has 30 heavy (non-hydrogen) atoms. The number of hydrazine groups is 1. The Balaban J connectivity index is 1.46.